The van der Waals surface area contributed by atoms with E-state index in [4.69, 9.17) is 5.11 Å². The van der Waals surface area contributed by atoms with Gasteiger partial charge in [-0.1, -0.05) is 0 Å². The summed E-state index contributed by atoms with van der Waals surface area (Å²) in [4.78, 5) is 22.1. The van der Waals surface area contributed by atoms with Gasteiger partial charge in [-0.15, -0.1) is 0 Å². The molecule has 1 aliphatic rings. The Morgan fingerprint density at radius 3 is 2.42 bits per heavy atom. The van der Waals surface area contributed by atoms with Crippen molar-refractivity contribution in [3.05, 3.63) is 0 Å². The van der Waals surface area contributed by atoms with E-state index in [-0.39, 0.29) is 11.8 Å². The topological polar surface area (TPSA) is 78.4 Å². The molecule has 0 radical (unpaired) electrons. The lowest BCUT2D eigenvalue weighted by Gasteiger charge is -2.28. The fraction of sp³-hybridized carbons (Fsp3) is 0.714. The number of piperazine rings is 1. The van der Waals surface area contributed by atoms with Crippen LogP contribution in [0.1, 0.15) is 13.8 Å². The number of aliphatic hydroxyl groups is 1. The van der Waals surface area contributed by atoms with Crippen molar-refractivity contribution in [1.29, 1.82) is 0 Å². The van der Waals surface area contributed by atoms with Crippen LogP contribution in [0.4, 0.5) is 0 Å². The normalized spacial score (nSPS) is 32.2. The predicted octanol–water partition coefficient (Wildman–Crippen LogP) is -1.63. The third-order valence-electron chi connectivity index (χ3n) is 1.81. The zero-order chi connectivity index (χ0) is 9.30. The van der Waals surface area contributed by atoms with Crippen molar-refractivity contribution < 1.29 is 14.7 Å². The summed E-state index contributed by atoms with van der Waals surface area (Å²) in [6, 6.07) is -1.32. The van der Waals surface area contributed by atoms with E-state index < -0.39 is 18.2 Å². The SMILES string of the molecule is CC1NC(=O)C(C(C)O)NC1=O. The first kappa shape index (κ1) is 8.99. The molecule has 0 aromatic heterocycles. The second-order valence-corrected chi connectivity index (χ2v) is 2.96. The third-order valence-corrected chi connectivity index (χ3v) is 1.81. The largest absolute Gasteiger partial charge is 0.391 e. The maximum atomic E-state index is 11.1. The van der Waals surface area contributed by atoms with Gasteiger partial charge in [0.25, 0.3) is 0 Å². The second kappa shape index (κ2) is 3.10. The third kappa shape index (κ3) is 1.55. The Morgan fingerprint density at radius 1 is 1.33 bits per heavy atom. The first-order valence-electron chi connectivity index (χ1n) is 3.81. The zero-order valence-corrected chi connectivity index (χ0v) is 7.00. The number of nitrogens with one attached hydrogen (secondary N) is 2. The maximum absolute atomic E-state index is 11.1. The fourth-order valence-corrected chi connectivity index (χ4v) is 1.05. The van der Waals surface area contributed by atoms with Crippen LogP contribution in [0.2, 0.25) is 0 Å². The van der Waals surface area contributed by atoms with Crippen LogP contribution in [-0.2, 0) is 9.59 Å². The van der Waals surface area contributed by atoms with E-state index in [2.05, 4.69) is 10.6 Å². The summed E-state index contributed by atoms with van der Waals surface area (Å²) in [6.07, 6.45) is -0.860. The minimum Gasteiger partial charge on any atom is -0.391 e. The molecule has 5 heteroatoms. The Labute approximate surface area is 70.1 Å². The summed E-state index contributed by atoms with van der Waals surface area (Å²) in [5.41, 5.74) is 0. The van der Waals surface area contributed by atoms with Crippen molar-refractivity contribution in [2.45, 2.75) is 32.0 Å². The molecule has 1 saturated heterocycles. The molecule has 3 unspecified atom stereocenters. The van der Waals surface area contributed by atoms with Crippen molar-refractivity contribution in [1.82, 2.24) is 10.6 Å². The molecule has 3 atom stereocenters. The summed E-state index contributed by atoms with van der Waals surface area (Å²) in [7, 11) is 0. The number of carbonyl (C=O) groups is 2. The molecular formula is C7H12N2O3. The highest BCUT2D eigenvalue weighted by Crippen LogP contribution is 2.00. The molecule has 1 heterocycles. The lowest BCUT2D eigenvalue weighted by Crippen LogP contribution is -2.63. The Kier molecular flexibility index (Phi) is 2.32. The number of hydrogen-bond donors (Lipinski definition) is 3. The van der Waals surface area contributed by atoms with Crippen molar-refractivity contribution in [3.63, 3.8) is 0 Å². The van der Waals surface area contributed by atoms with Crippen molar-refractivity contribution in [2.24, 2.45) is 0 Å². The van der Waals surface area contributed by atoms with Gasteiger partial charge < -0.3 is 15.7 Å². The molecule has 2 amide bonds. The van der Waals surface area contributed by atoms with Crippen LogP contribution in [0.25, 0.3) is 0 Å². The summed E-state index contributed by atoms with van der Waals surface area (Å²) in [6.45, 7) is 3.05. The average molecular weight is 172 g/mol. The van der Waals surface area contributed by atoms with Crippen LogP contribution in [0.15, 0.2) is 0 Å². The van der Waals surface area contributed by atoms with Gasteiger partial charge in [0.2, 0.25) is 11.8 Å². The van der Waals surface area contributed by atoms with Gasteiger partial charge in [-0.3, -0.25) is 9.59 Å². The summed E-state index contributed by atoms with van der Waals surface area (Å²) >= 11 is 0. The van der Waals surface area contributed by atoms with Gasteiger partial charge >= 0.3 is 0 Å². The standard InChI is InChI=1S/C7H12N2O3/c1-3-6(11)9-5(4(2)10)7(12)8-3/h3-5,10H,1-2H3,(H,8,12)(H,9,11). The Bertz CT molecular complexity index is 215. The summed E-state index contributed by atoms with van der Waals surface area (Å²) < 4.78 is 0. The molecule has 0 bridgehead atoms. The van der Waals surface area contributed by atoms with Crippen molar-refractivity contribution >= 4 is 11.8 Å². The van der Waals surface area contributed by atoms with E-state index in [9.17, 15) is 9.59 Å². The van der Waals surface area contributed by atoms with Gasteiger partial charge in [0, 0.05) is 0 Å². The molecule has 68 valence electrons. The van der Waals surface area contributed by atoms with Crippen LogP contribution in [-0.4, -0.2) is 35.1 Å². The molecule has 1 fully saturated rings. The summed E-state index contributed by atoms with van der Waals surface area (Å²) in [5.74, 6) is -0.599. The van der Waals surface area contributed by atoms with E-state index in [0.29, 0.717) is 0 Å². The second-order valence-electron chi connectivity index (χ2n) is 2.96. The predicted molar refractivity (Wildman–Crippen MR) is 41.2 cm³/mol. The number of amides is 2. The first-order valence-corrected chi connectivity index (χ1v) is 3.81. The highest BCUT2D eigenvalue weighted by Gasteiger charge is 2.33. The van der Waals surface area contributed by atoms with E-state index in [0.717, 1.165) is 0 Å². The van der Waals surface area contributed by atoms with Gasteiger partial charge in [0.15, 0.2) is 0 Å². The lowest BCUT2D eigenvalue weighted by molar-refractivity contribution is -0.138. The summed E-state index contributed by atoms with van der Waals surface area (Å²) in [5, 5.41) is 13.9. The zero-order valence-electron chi connectivity index (χ0n) is 7.00. The Morgan fingerprint density at radius 2 is 1.92 bits per heavy atom. The molecule has 5 nitrogen and oxygen atoms in total. The van der Waals surface area contributed by atoms with Crippen LogP contribution < -0.4 is 10.6 Å². The van der Waals surface area contributed by atoms with Gasteiger partial charge in [0.1, 0.15) is 12.1 Å². The lowest BCUT2D eigenvalue weighted by atomic mass is 10.1. The van der Waals surface area contributed by atoms with Gasteiger partial charge in [0.05, 0.1) is 6.10 Å². The molecule has 0 aromatic rings. The van der Waals surface area contributed by atoms with Crippen LogP contribution in [0.5, 0.6) is 0 Å². The molecule has 12 heavy (non-hydrogen) atoms. The van der Waals surface area contributed by atoms with Gasteiger partial charge in [-0.05, 0) is 13.8 Å². The number of hydrogen-bond acceptors (Lipinski definition) is 3. The van der Waals surface area contributed by atoms with Crippen LogP contribution in [0.3, 0.4) is 0 Å². The highest BCUT2D eigenvalue weighted by molar-refractivity contribution is 5.96. The van der Waals surface area contributed by atoms with E-state index >= 15 is 0 Å². The molecule has 0 saturated carbocycles. The van der Waals surface area contributed by atoms with Crippen molar-refractivity contribution in [2.75, 3.05) is 0 Å². The van der Waals surface area contributed by atoms with E-state index in [1.165, 1.54) is 6.92 Å². The molecule has 0 aromatic carbocycles. The number of carbonyl (C=O) groups excluding carboxylic acids is 2. The number of aliphatic hydroxyl groups excluding tert-OH is 1. The highest BCUT2D eigenvalue weighted by atomic mass is 16.3. The molecule has 1 aliphatic heterocycles. The number of rotatable bonds is 1. The van der Waals surface area contributed by atoms with E-state index in [1.54, 1.807) is 6.92 Å². The monoisotopic (exact) mass is 172 g/mol. The maximum Gasteiger partial charge on any atom is 0.245 e. The Hall–Kier alpha value is -1.10. The molecular weight excluding hydrogens is 160 g/mol. The average Bonchev–Trinajstić information content (AvgIpc) is 1.96. The first-order chi connectivity index (χ1) is 5.52. The van der Waals surface area contributed by atoms with Gasteiger partial charge in [-0.25, -0.2) is 0 Å². The van der Waals surface area contributed by atoms with E-state index in [1.807, 2.05) is 0 Å². The molecule has 0 aliphatic carbocycles. The van der Waals surface area contributed by atoms with Crippen LogP contribution in [0, 0.1) is 0 Å². The Balaban J connectivity index is 2.68. The van der Waals surface area contributed by atoms with Gasteiger partial charge in [-0.2, -0.15) is 0 Å². The quantitative estimate of drug-likeness (QED) is 0.444. The fourth-order valence-electron chi connectivity index (χ4n) is 1.05. The molecule has 3 N–H and O–H groups in total. The van der Waals surface area contributed by atoms with Crippen LogP contribution >= 0.6 is 0 Å². The molecule has 1 rings (SSSR count). The minimum atomic E-state index is -0.860. The minimum absolute atomic E-state index is 0.263. The van der Waals surface area contributed by atoms with Crippen molar-refractivity contribution in [3.8, 4) is 0 Å². The smallest absolute Gasteiger partial charge is 0.245 e. The molecule has 0 spiro atoms.